The Morgan fingerprint density at radius 2 is 1.49 bits per heavy atom. The number of carbonyl (C=O) groups excluding carboxylic acids is 1. The third kappa shape index (κ3) is 7.29. The smallest absolute Gasteiger partial charge is 0.215 e. The highest BCUT2D eigenvalue weighted by Gasteiger charge is 2.28. The van der Waals surface area contributed by atoms with E-state index in [1.807, 2.05) is 13.8 Å². The van der Waals surface area contributed by atoms with Crippen molar-refractivity contribution in [1.29, 1.82) is 0 Å². The summed E-state index contributed by atoms with van der Waals surface area (Å²) < 4.78 is 92.7. The summed E-state index contributed by atoms with van der Waals surface area (Å²) in [5.41, 5.74) is 2.48. The summed E-state index contributed by atoms with van der Waals surface area (Å²) in [5, 5.41) is 0.298. The number of aldehydes is 1. The van der Waals surface area contributed by atoms with Gasteiger partial charge in [-0.15, -0.1) is 0 Å². The maximum atomic E-state index is 14.0. The Labute approximate surface area is 253 Å². The van der Waals surface area contributed by atoms with E-state index in [0.29, 0.717) is 57.2 Å². The molecule has 0 atom stereocenters. The van der Waals surface area contributed by atoms with Crippen molar-refractivity contribution in [1.82, 2.24) is 0 Å². The molecule has 0 aliphatic carbocycles. The molecule has 0 saturated heterocycles. The maximum absolute atomic E-state index is 14.0. The summed E-state index contributed by atoms with van der Waals surface area (Å²) >= 11 is 6.91. The van der Waals surface area contributed by atoms with Gasteiger partial charge in [-0.1, -0.05) is 37.6 Å². The van der Waals surface area contributed by atoms with Crippen LogP contribution in [-0.2, 0) is 4.79 Å². The molecule has 4 nitrogen and oxygen atoms in total. The van der Waals surface area contributed by atoms with Crippen LogP contribution in [0.3, 0.4) is 0 Å². The lowest BCUT2D eigenvalue weighted by molar-refractivity contribution is -0.104. The molecule has 4 aromatic rings. The van der Waals surface area contributed by atoms with Gasteiger partial charge in [-0.05, 0) is 65.7 Å². The normalized spacial score (nSPS) is 10.8. The number of methoxy groups -OCH3 is 1. The van der Waals surface area contributed by atoms with E-state index in [1.54, 1.807) is 42.3 Å². The van der Waals surface area contributed by atoms with Crippen LogP contribution in [0.2, 0.25) is 5.02 Å². The van der Waals surface area contributed by atoms with E-state index >= 15 is 0 Å². The summed E-state index contributed by atoms with van der Waals surface area (Å²) in [5.74, 6) is -12.3. The topological polar surface area (TPSA) is 38.8 Å². The van der Waals surface area contributed by atoms with Crippen LogP contribution in [0.25, 0.3) is 17.2 Å². The zero-order valence-electron chi connectivity index (χ0n) is 23.2. The van der Waals surface area contributed by atoms with Gasteiger partial charge in [0.15, 0.2) is 0 Å². The number of benzene rings is 4. The number of ether oxygens (including phenoxy) is 1. The van der Waals surface area contributed by atoms with Gasteiger partial charge in [0.25, 0.3) is 0 Å². The Bertz CT molecular complexity index is 1640. The van der Waals surface area contributed by atoms with E-state index in [9.17, 15) is 31.1 Å². The van der Waals surface area contributed by atoms with Gasteiger partial charge < -0.3 is 13.8 Å². The molecule has 0 fully saturated rings. The van der Waals surface area contributed by atoms with Gasteiger partial charge in [0.1, 0.15) is 17.9 Å². The third-order valence-electron chi connectivity index (χ3n) is 5.87. The highest BCUT2D eigenvalue weighted by Crippen LogP contribution is 2.42. The molecule has 0 N–H and O–H groups in total. The Balaban J connectivity index is 0.00000248. The van der Waals surface area contributed by atoms with Gasteiger partial charge in [-0.3, -0.25) is 4.79 Å². The Morgan fingerprint density at radius 1 is 0.837 bits per heavy atom. The monoisotopic (exact) mass is 639 g/mol. The minimum Gasteiger partial charge on any atom is -0.495 e. The Morgan fingerprint density at radius 3 is 2.09 bits per heavy atom. The number of nitrogens with zero attached hydrogens (tertiary/aromatic N) is 1. The van der Waals surface area contributed by atoms with Crippen molar-refractivity contribution in [2.45, 2.75) is 18.7 Å². The van der Waals surface area contributed by atoms with Crippen molar-refractivity contribution in [3.63, 3.8) is 0 Å². The molecule has 226 valence electrons. The summed E-state index contributed by atoms with van der Waals surface area (Å²) in [4.78, 5) is 12.9. The molecule has 0 aliphatic heterocycles. The van der Waals surface area contributed by atoms with Crippen LogP contribution in [0.5, 0.6) is 11.5 Å². The van der Waals surface area contributed by atoms with E-state index in [2.05, 4.69) is 0 Å². The molecule has 43 heavy (non-hydrogen) atoms. The fourth-order valence-corrected chi connectivity index (χ4v) is 4.78. The highest BCUT2D eigenvalue weighted by molar-refractivity contribution is 7.95. The second-order valence-electron chi connectivity index (χ2n) is 8.35. The van der Waals surface area contributed by atoms with Crippen LogP contribution in [0.1, 0.15) is 19.4 Å². The molecule has 0 radical (unpaired) electrons. The van der Waals surface area contributed by atoms with Crippen LogP contribution in [-0.4, -0.2) is 20.4 Å². The van der Waals surface area contributed by atoms with Gasteiger partial charge in [0.2, 0.25) is 34.8 Å². The minimum atomic E-state index is -2.30. The molecule has 0 heterocycles. The first kappa shape index (κ1) is 33.4. The van der Waals surface area contributed by atoms with Crippen LogP contribution in [0.15, 0.2) is 65.6 Å². The van der Waals surface area contributed by atoms with Crippen molar-refractivity contribution < 1.29 is 40.1 Å². The average Bonchev–Trinajstić information content (AvgIpc) is 3.02. The molecular weight excluding hydrogens is 616 g/mol. The summed E-state index contributed by atoms with van der Waals surface area (Å²) in [7, 11) is 3.13. The van der Waals surface area contributed by atoms with Crippen molar-refractivity contribution >= 4 is 47.4 Å². The highest BCUT2D eigenvalue weighted by atomic mass is 35.5. The van der Waals surface area contributed by atoms with Gasteiger partial charge in [0.05, 0.1) is 29.9 Å². The van der Waals surface area contributed by atoms with Crippen LogP contribution in [0, 0.1) is 34.9 Å². The number of carbonyl (C=O) groups is 1. The molecule has 4 rings (SSSR count). The molecule has 4 aromatic carbocycles. The Kier molecular flexibility index (Phi) is 11.6. The second kappa shape index (κ2) is 14.9. The van der Waals surface area contributed by atoms with E-state index in [-0.39, 0.29) is 4.90 Å². The van der Waals surface area contributed by atoms with Crippen LogP contribution < -0.4 is 13.8 Å². The molecule has 12 heteroatoms. The fourth-order valence-electron chi connectivity index (χ4n) is 3.89. The van der Waals surface area contributed by atoms with Crippen molar-refractivity contribution in [2.24, 2.45) is 0 Å². The fraction of sp³-hybridized carbons (Fsp3) is 0.129. The maximum Gasteiger partial charge on any atom is 0.215 e. The first-order chi connectivity index (χ1) is 20.6. The van der Waals surface area contributed by atoms with Crippen molar-refractivity contribution in [3.8, 4) is 22.6 Å². The molecule has 0 spiro atoms. The van der Waals surface area contributed by atoms with Gasteiger partial charge in [-0.25, -0.2) is 17.6 Å². The summed E-state index contributed by atoms with van der Waals surface area (Å²) in [6.45, 7) is 4.00. The van der Waals surface area contributed by atoms with E-state index in [0.717, 1.165) is 0 Å². The predicted molar refractivity (Wildman–Crippen MR) is 157 cm³/mol. The first-order valence-corrected chi connectivity index (χ1v) is 13.7. The molecule has 0 aromatic heterocycles. The molecule has 0 saturated carbocycles. The number of hydrogen-bond acceptors (Lipinski definition) is 5. The van der Waals surface area contributed by atoms with Crippen LogP contribution >= 0.6 is 23.6 Å². The average molecular weight is 640 g/mol. The SMILES string of the molecule is CC.COc1cc(-c2cccc(F)c2)c(Cl)cc1N(C)c1ccc(SOc2c(F)c(F)c(F)c(F)c2F)cc1/C=C\C=O. The number of halogens is 7. The van der Waals surface area contributed by atoms with Crippen LogP contribution in [0.4, 0.5) is 37.7 Å². The molecule has 0 aliphatic rings. The zero-order valence-corrected chi connectivity index (χ0v) is 24.7. The number of hydrogen-bond donors (Lipinski definition) is 0. The Hall–Kier alpha value is -4.09. The van der Waals surface area contributed by atoms with E-state index < -0.39 is 40.7 Å². The standard InChI is InChI=1S/C29H18ClF6NO3S.C2H6/c1-37(22-14-20(30)19(13-23(22)39-2)15-5-3-7-17(31)11-15)21-9-8-18(12-16(21)6-4-10-38)41-40-29-27(35)25(33)24(32)26(34)28(29)36;1-2/h3-14H,1-2H3;1-2H3/b6-4-;. The lowest BCUT2D eigenvalue weighted by Gasteiger charge is -2.25. The van der Waals surface area contributed by atoms with Crippen molar-refractivity contribution in [3.05, 3.63) is 106 Å². The lowest BCUT2D eigenvalue weighted by Crippen LogP contribution is -2.12. The molecule has 0 unspecified atom stereocenters. The van der Waals surface area contributed by atoms with E-state index in [4.69, 9.17) is 20.5 Å². The van der Waals surface area contributed by atoms with Crippen molar-refractivity contribution in [2.75, 3.05) is 19.1 Å². The quantitative estimate of drug-likeness (QED) is 0.0455. The van der Waals surface area contributed by atoms with Gasteiger partial charge >= 0.3 is 0 Å². The second-order valence-corrected chi connectivity index (χ2v) is 9.57. The summed E-state index contributed by atoms with van der Waals surface area (Å²) in [6, 6.07) is 13.7. The molecule has 0 amide bonds. The zero-order chi connectivity index (χ0) is 31.8. The number of anilines is 2. The lowest BCUT2D eigenvalue weighted by atomic mass is 10.0. The van der Waals surface area contributed by atoms with Gasteiger partial charge in [-0.2, -0.15) is 8.78 Å². The minimum absolute atomic E-state index is 0.211. The third-order valence-corrected chi connectivity index (χ3v) is 6.88. The van der Waals surface area contributed by atoms with Gasteiger partial charge in [0, 0.05) is 23.2 Å². The summed E-state index contributed by atoms with van der Waals surface area (Å²) in [6.07, 6.45) is 3.17. The largest absolute Gasteiger partial charge is 0.495 e. The molecular formula is C31H24ClF6NO3S. The van der Waals surface area contributed by atoms with E-state index in [1.165, 1.54) is 43.5 Å². The number of rotatable bonds is 9. The predicted octanol–water partition coefficient (Wildman–Crippen LogP) is 9.94. The molecule has 0 bridgehead atoms. The first-order valence-electron chi connectivity index (χ1n) is 12.6. The number of allylic oxidation sites excluding steroid dienone is 1.